The summed E-state index contributed by atoms with van der Waals surface area (Å²) in [4.78, 5) is 9.23. The topological polar surface area (TPSA) is 25.8 Å². The molecule has 0 spiro atoms. The van der Waals surface area contributed by atoms with Crippen molar-refractivity contribution in [3.8, 4) is 0 Å². The molecular formula is C16H17ClN2. The van der Waals surface area contributed by atoms with Gasteiger partial charge in [0.1, 0.15) is 11.0 Å². The summed E-state index contributed by atoms with van der Waals surface area (Å²) in [5.74, 6) is 1.18. The molecule has 98 valence electrons. The fraction of sp³-hybridized carbons (Fsp3) is 0.375. The third kappa shape index (κ3) is 2.14. The molecule has 0 radical (unpaired) electrons. The molecule has 1 atom stereocenters. The van der Waals surface area contributed by atoms with Crippen molar-refractivity contribution >= 4 is 11.6 Å². The Kier molecular flexibility index (Phi) is 3.28. The van der Waals surface area contributed by atoms with Gasteiger partial charge >= 0.3 is 0 Å². The normalized spacial score (nSPS) is 17.5. The van der Waals surface area contributed by atoms with Crippen molar-refractivity contribution in [3.63, 3.8) is 0 Å². The van der Waals surface area contributed by atoms with Gasteiger partial charge < -0.3 is 0 Å². The van der Waals surface area contributed by atoms with E-state index >= 15 is 0 Å². The molecule has 1 aliphatic rings. The van der Waals surface area contributed by atoms with Gasteiger partial charge in [0.15, 0.2) is 0 Å². The number of rotatable bonds is 2. The van der Waals surface area contributed by atoms with Crippen LogP contribution in [0.1, 0.15) is 47.5 Å². The summed E-state index contributed by atoms with van der Waals surface area (Å²) in [6.07, 6.45) is 3.07. The zero-order valence-electron chi connectivity index (χ0n) is 11.3. The Hall–Kier alpha value is -1.41. The van der Waals surface area contributed by atoms with Gasteiger partial charge in [0, 0.05) is 17.2 Å². The molecular weight excluding hydrogens is 256 g/mol. The number of hydrogen-bond donors (Lipinski definition) is 0. The van der Waals surface area contributed by atoms with E-state index in [4.69, 9.17) is 16.6 Å². The molecule has 0 saturated carbocycles. The summed E-state index contributed by atoms with van der Waals surface area (Å²) < 4.78 is 0. The molecule has 1 aromatic heterocycles. The van der Waals surface area contributed by atoms with Crippen molar-refractivity contribution in [2.45, 2.75) is 39.0 Å². The molecule has 3 heteroatoms. The standard InChI is InChI=1S/C16H17ClN2/c1-3-12-10(2)18-16(19-15(12)17)14-9-8-11-6-4-5-7-13(11)14/h4-7,14H,3,8-9H2,1-2H3. The third-order valence-corrected chi connectivity index (χ3v) is 4.29. The first-order chi connectivity index (χ1) is 9.20. The van der Waals surface area contributed by atoms with E-state index in [1.807, 2.05) is 6.92 Å². The van der Waals surface area contributed by atoms with Crippen LogP contribution in [0, 0.1) is 6.92 Å². The minimum absolute atomic E-state index is 0.304. The predicted molar refractivity (Wildman–Crippen MR) is 77.8 cm³/mol. The summed E-state index contributed by atoms with van der Waals surface area (Å²) in [6.45, 7) is 4.11. The number of benzene rings is 1. The average Bonchev–Trinajstić information content (AvgIpc) is 2.82. The number of aryl methyl sites for hydroxylation is 2. The van der Waals surface area contributed by atoms with E-state index in [-0.39, 0.29) is 0 Å². The molecule has 0 amide bonds. The molecule has 2 nitrogen and oxygen atoms in total. The van der Waals surface area contributed by atoms with Gasteiger partial charge in [-0.15, -0.1) is 0 Å². The van der Waals surface area contributed by atoms with Gasteiger partial charge in [0.05, 0.1) is 0 Å². The first-order valence-corrected chi connectivity index (χ1v) is 7.19. The highest BCUT2D eigenvalue weighted by atomic mass is 35.5. The number of nitrogens with zero attached hydrogens (tertiary/aromatic N) is 2. The number of aromatic nitrogens is 2. The largest absolute Gasteiger partial charge is 0.237 e. The summed E-state index contributed by atoms with van der Waals surface area (Å²) in [6, 6.07) is 8.57. The zero-order valence-corrected chi connectivity index (χ0v) is 12.0. The Morgan fingerprint density at radius 3 is 2.79 bits per heavy atom. The highest BCUT2D eigenvalue weighted by Gasteiger charge is 2.26. The van der Waals surface area contributed by atoms with Crippen LogP contribution in [-0.2, 0) is 12.8 Å². The monoisotopic (exact) mass is 272 g/mol. The number of fused-ring (bicyclic) bond motifs is 1. The van der Waals surface area contributed by atoms with E-state index in [1.54, 1.807) is 0 Å². The van der Waals surface area contributed by atoms with Crippen LogP contribution in [0.15, 0.2) is 24.3 Å². The Morgan fingerprint density at radius 1 is 1.26 bits per heavy atom. The van der Waals surface area contributed by atoms with Crippen LogP contribution in [0.3, 0.4) is 0 Å². The van der Waals surface area contributed by atoms with Crippen molar-refractivity contribution in [3.05, 3.63) is 57.6 Å². The second-order valence-electron chi connectivity index (χ2n) is 5.08. The van der Waals surface area contributed by atoms with Crippen LogP contribution < -0.4 is 0 Å². The van der Waals surface area contributed by atoms with Crippen LogP contribution in [-0.4, -0.2) is 9.97 Å². The van der Waals surface area contributed by atoms with Gasteiger partial charge in [0.25, 0.3) is 0 Å². The Bertz CT molecular complexity index is 599. The zero-order chi connectivity index (χ0) is 13.4. The minimum Gasteiger partial charge on any atom is -0.237 e. The van der Waals surface area contributed by atoms with Gasteiger partial charge in [-0.1, -0.05) is 42.8 Å². The first-order valence-electron chi connectivity index (χ1n) is 6.81. The molecule has 0 saturated heterocycles. The van der Waals surface area contributed by atoms with Gasteiger partial charge in [-0.2, -0.15) is 0 Å². The number of hydrogen-bond acceptors (Lipinski definition) is 2. The Morgan fingerprint density at radius 2 is 2.05 bits per heavy atom. The summed E-state index contributed by atoms with van der Waals surface area (Å²) in [7, 11) is 0. The van der Waals surface area contributed by atoms with Crippen molar-refractivity contribution in [2.24, 2.45) is 0 Å². The van der Waals surface area contributed by atoms with E-state index < -0.39 is 0 Å². The SMILES string of the molecule is CCc1c(C)nc(C2CCc3ccccc32)nc1Cl. The van der Waals surface area contributed by atoms with Crippen molar-refractivity contribution in [1.82, 2.24) is 9.97 Å². The lowest BCUT2D eigenvalue weighted by molar-refractivity contribution is 0.719. The van der Waals surface area contributed by atoms with Gasteiger partial charge in [-0.25, -0.2) is 9.97 Å². The highest BCUT2D eigenvalue weighted by Crippen LogP contribution is 2.37. The second kappa shape index (κ2) is 4.93. The first kappa shape index (κ1) is 12.6. The molecule has 1 unspecified atom stereocenters. The molecule has 1 aromatic carbocycles. The van der Waals surface area contributed by atoms with Gasteiger partial charge in [-0.3, -0.25) is 0 Å². The lowest BCUT2D eigenvalue weighted by atomic mass is 10.00. The maximum atomic E-state index is 6.29. The lowest BCUT2D eigenvalue weighted by Gasteiger charge is -2.13. The summed E-state index contributed by atoms with van der Waals surface area (Å²) in [5, 5.41) is 0.620. The van der Waals surface area contributed by atoms with Crippen LogP contribution in [0.2, 0.25) is 5.15 Å². The van der Waals surface area contributed by atoms with Crippen LogP contribution in [0.25, 0.3) is 0 Å². The van der Waals surface area contributed by atoms with Crippen LogP contribution in [0.5, 0.6) is 0 Å². The Balaban J connectivity index is 2.05. The number of halogens is 1. The van der Waals surface area contributed by atoms with Crippen LogP contribution >= 0.6 is 11.6 Å². The van der Waals surface area contributed by atoms with Crippen molar-refractivity contribution in [2.75, 3.05) is 0 Å². The Labute approximate surface area is 118 Å². The second-order valence-corrected chi connectivity index (χ2v) is 5.44. The quantitative estimate of drug-likeness (QED) is 0.770. The van der Waals surface area contributed by atoms with E-state index in [0.717, 1.165) is 36.3 Å². The molecule has 2 aromatic rings. The van der Waals surface area contributed by atoms with Gasteiger partial charge in [-0.05, 0) is 37.3 Å². The van der Waals surface area contributed by atoms with Crippen molar-refractivity contribution < 1.29 is 0 Å². The van der Waals surface area contributed by atoms with E-state index in [9.17, 15) is 0 Å². The van der Waals surface area contributed by atoms with E-state index in [0.29, 0.717) is 11.1 Å². The molecule has 3 rings (SSSR count). The third-order valence-electron chi connectivity index (χ3n) is 3.98. The molecule has 0 fully saturated rings. The molecule has 0 aliphatic heterocycles. The van der Waals surface area contributed by atoms with Crippen LogP contribution in [0.4, 0.5) is 0 Å². The van der Waals surface area contributed by atoms with Crippen molar-refractivity contribution in [1.29, 1.82) is 0 Å². The maximum absolute atomic E-state index is 6.29. The highest BCUT2D eigenvalue weighted by molar-refractivity contribution is 6.30. The fourth-order valence-corrected chi connectivity index (χ4v) is 3.32. The maximum Gasteiger partial charge on any atom is 0.137 e. The van der Waals surface area contributed by atoms with E-state index in [2.05, 4.69) is 36.2 Å². The molecule has 19 heavy (non-hydrogen) atoms. The molecule has 1 heterocycles. The average molecular weight is 273 g/mol. The molecule has 0 bridgehead atoms. The smallest absolute Gasteiger partial charge is 0.137 e. The fourth-order valence-electron chi connectivity index (χ4n) is 2.96. The molecule has 1 aliphatic carbocycles. The van der Waals surface area contributed by atoms with Gasteiger partial charge in [0.2, 0.25) is 0 Å². The minimum atomic E-state index is 0.304. The molecule has 0 N–H and O–H groups in total. The summed E-state index contributed by atoms with van der Waals surface area (Å²) >= 11 is 6.29. The van der Waals surface area contributed by atoms with E-state index in [1.165, 1.54) is 11.1 Å². The summed E-state index contributed by atoms with van der Waals surface area (Å²) in [5.41, 5.74) is 4.87. The lowest BCUT2D eigenvalue weighted by Crippen LogP contribution is -2.07. The predicted octanol–water partition coefficient (Wildman–Crippen LogP) is 4.08.